The topological polar surface area (TPSA) is 55.8 Å². The fraction of sp³-hybridized carbons (Fsp3) is 0.725. The third-order valence-electron chi connectivity index (χ3n) is 7.58. The summed E-state index contributed by atoms with van der Waals surface area (Å²) in [6.45, 7) is 5.15. The molecule has 0 aliphatic heterocycles. The first-order valence-corrected chi connectivity index (χ1v) is 18.4. The van der Waals surface area contributed by atoms with Crippen molar-refractivity contribution in [2.75, 3.05) is 19.8 Å². The summed E-state index contributed by atoms with van der Waals surface area (Å²) in [6, 6.07) is 0. The lowest BCUT2D eigenvalue weighted by Crippen LogP contribution is -2.27. The summed E-state index contributed by atoms with van der Waals surface area (Å²) < 4.78 is 11.1. The van der Waals surface area contributed by atoms with E-state index in [1.165, 1.54) is 83.5 Å². The van der Waals surface area contributed by atoms with E-state index in [1.807, 2.05) is 0 Å². The van der Waals surface area contributed by atoms with Crippen molar-refractivity contribution in [3.8, 4) is 0 Å². The molecule has 0 aromatic rings. The number of aliphatic hydroxyl groups excluding tert-OH is 1. The van der Waals surface area contributed by atoms with Crippen LogP contribution in [0, 0.1) is 0 Å². The maximum Gasteiger partial charge on any atom is 0.306 e. The van der Waals surface area contributed by atoms with Gasteiger partial charge in [-0.2, -0.15) is 0 Å². The number of carbonyl (C=O) groups is 1. The van der Waals surface area contributed by atoms with Gasteiger partial charge in [0.15, 0.2) is 0 Å². The number of carbonyl (C=O) groups excluding carboxylic acids is 1. The second kappa shape index (κ2) is 37.3. The van der Waals surface area contributed by atoms with Crippen LogP contribution in [-0.2, 0) is 14.3 Å². The number of rotatable bonds is 33. The molecule has 1 atom stereocenters. The smallest absolute Gasteiger partial charge is 0.306 e. The standard InChI is InChI=1S/C40H70O4/c1-3-5-7-9-11-13-15-17-19-20-21-22-23-25-27-29-31-33-35-40(42)44-39(37-41)38-43-36-34-32-30-28-26-24-18-16-14-12-10-8-6-4-2/h6,8,12-15,18-20,24,39,41H,3-5,7,9-11,16-17,21-23,25-38H2,1-2H3/b8-6-,14-12-,15-13-,20-19-,24-18-. The van der Waals surface area contributed by atoms with E-state index in [1.54, 1.807) is 0 Å². The second-order valence-electron chi connectivity index (χ2n) is 11.9. The molecule has 0 bridgehead atoms. The minimum absolute atomic E-state index is 0.187. The van der Waals surface area contributed by atoms with Gasteiger partial charge in [0.2, 0.25) is 0 Å². The first-order chi connectivity index (χ1) is 21.7. The molecule has 0 saturated heterocycles. The van der Waals surface area contributed by atoms with Crippen LogP contribution < -0.4 is 0 Å². The summed E-state index contributed by atoms with van der Waals surface area (Å²) in [5.41, 5.74) is 0. The number of esters is 1. The first kappa shape index (κ1) is 42.1. The van der Waals surface area contributed by atoms with Crippen molar-refractivity contribution in [1.82, 2.24) is 0 Å². The molecule has 44 heavy (non-hydrogen) atoms. The Labute approximate surface area is 273 Å². The van der Waals surface area contributed by atoms with E-state index in [0.717, 1.165) is 57.8 Å². The number of aliphatic hydroxyl groups is 1. The van der Waals surface area contributed by atoms with Crippen LogP contribution in [0.2, 0.25) is 0 Å². The molecule has 0 aromatic heterocycles. The molecule has 4 nitrogen and oxygen atoms in total. The monoisotopic (exact) mass is 615 g/mol. The lowest BCUT2D eigenvalue weighted by Gasteiger charge is -2.15. The Bertz CT molecular complexity index is 734. The maximum atomic E-state index is 12.1. The Morgan fingerprint density at radius 3 is 1.55 bits per heavy atom. The highest BCUT2D eigenvalue weighted by molar-refractivity contribution is 5.69. The molecule has 4 heteroatoms. The zero-order valence-corrected chi connectivity index (χ0v) is 28.9. The Balaban J connectivity index is 3.52. The van der Waals surface area contributed by atoms with E-state index in [-0.39, 0.29) is 19.2 Å². The van der Waals surface area contributed by atoms with Crippen molar-refractivity contribution in [2.45, 2.75) is 168 Å². The highest BCUT2D eigenvalue weighted by atomic mass is 16.6. The molecule has 0 radical (unpaired) electrons. The van der Waals surface area contributed by atoms with E-state index in [2.05, 4.69) is 74.6 Å². The van der Waals surface area contributed by atoms with Crippen LogP contribution >= 0.6 is 0 Å². The van der Waals surface area contributed by atoms with E-state index in [9.17, 15) is 9.90 Å². The quantitative estimate of drug-likeness (QED) is 0.0454. The molecule has 254 valence electrons. The lowest BCUT2D eigenvalue weighted by molar-refractivity contribution is -0.154. The molecule has 0 aliphatic rings. The second-order valence-corrected chi connectivity index (χ2v) is 11.9. The summed E-state index contributed by atoms with van der Waals surface area (Å²) in [5, 5.41) is 9.55. The minimum Gasteiger partial charge on any atom is -0.457 e. The zero-order chi connectivity index (χ0) is 32.0. The van der Waals surface area contributed by atoms with Gasteiger partial charge in [0.1, 0.15) is 6.10 Å². The average Bonchev–Trinajstić information content (AvgIpc) is 3.03. The molecule has 0 fully saturated rings. The van der Waals surface area contributed by atoms with Crippen LogP contribution in [0.25, 0.3) is 0 Å². The number of allylic oxidation sites excluding steroid dienone is 10. The zero-order valence-electron chi connectivity index (χ0n) is 28.9. The highest BCUT2D eigenvalue weighted by Gasteiger charge is 2.13. The average molecular weight is 615 g/mol. The summed E-state index contributed by atoms with van der Waals surface area (Å²) in [5.74, 6) is -0.220. The number of unbranched alkanes of at least 4 members (excludes halogenated alkanes) is 15. The van der Waals surface area contributed by atoms with Crippen molar-refractivity contribution in [1.29, 1.82) is 0 Å². The number of hydrogen-bond donors (Lipinski definition) is 1. The molecule has 0 heterocycles. The molecule has 0 amide bonds. The maximum absolute atomic E-state index is 12.1. The van der Waals surface area contributed by atoms with Gasteiger partial charge < -0.3 is 14.6 Å². The summed E-state index contributed by atoms with van der Waals surface area (Å²) in [6.07, 6.45) is 48.3. The Kier molecular flexibility index (Phi) is 35.7. The Hall–Kier alpha value is -1.91. The van der Waals surface area contributed by atoms with Gasteiger partial charge in [-0.15, -0.1) is 0 Å². The van der Waals surface area contributed by atoms with Crippen molar-refractivity contribution in [3.63, 3.8) is 0 Å². The van der Waals surface area contributed by atoms with Crippen LogP contribution in [0.3, 0.4) is 0 Å². The predicted octanol–water partition coefficient (Wildman–Crippen LogP) is 11.7. The fourth-order valence-electron chi connectivity index (χ4n) is 4.84. The molecule has 0 rings (SSSR count). The van der Waals surface area contributed by atoms with Crippen LogP contribution in [0.1, 0.15) is 162 Å². The molecule has 0 aliphatic carbocycles. The van der Waals surface area contributed by atoms with Gasteiger partial charge in [-0.25, -0.2) is 0 Å². The van der Waals surface area contributed by atoms with Gasteiger partial charge in [0.05, 0.1) is 13.2 Å². The molecule has 0 spiro atoms. The van der Waals surface area contributed by atoms with Gasteiger partial charge in [0.25, 0.3) is 0 Å². The minimum atomic E-state index is -0.551. The lowest BCUT2D eigenvalue weighted by atomic mass is 10.1. The Morgan fingerprint density at radius 2 is 1.02 bits per heavy atom. The molecule has 1 unspecified atom stereocenters. The molecule has 1 N–H and O–H groups in total. The van der Waals surface area contributed by atoms with Crippen LogP contribution in [0.5, 0.6) is 0 Å². The number of hydrogen-bond acceptors (Lipinski definition) is 4. The van der Waals surface area contributed by atoms with Crippen molar-refractivity contribution < 1.29 is 19.4 Å². The van der Waals surface area contributed by atoms with E-state index in [4.69, 9.17) is 9.47 Å². The van der Waals surface area contributed by atoms with Crippen LogP contribution in [0.4, 0.5) is 0 Å². The van der Waals surface area contributed by atoms with Gasteiger partial charge in [-0.3, -0.25) is 4.79 Å². The van der Waals surface area contributed by atoms with E-state index >= 15 is 0 Å². The van der Waals surface area contributed by atoms with Gasteiger partial charge in [-0.1, -0.05) is 139 Å². The third-order valence-corrected chi connectivity index (χ3v) is 7.58. The third kappa shape index (κ3) is 34.6. The van der Waals surface area contributed by atoms with E-state index in [0.29, 0.717) is 13.0 Å². The van der Waals surface area contributed by atoms with Gasteiger partial charge in [0, 0.05) is 13.0 Å². The van der Waals surface area contributed by atoms with Crippen LogP contribution in [0.15, 0.2) is 60.8 Å². The highest BCUT2D eigenvalue weighted by Crippen LogP contribution is 2.11. The summed E-state index contributed by atoms with van der Waals surface area (Å²) >= 11 is 0. The largest absolute Gasteiger partial charge is 0.457 e. The SMILES string of the molecule is CC/C=C\C/C=C\C/C=C\CCCCCCOCC(CO)OC(=O)CCCCCCCCC/C=C\C/C=C\CCCCCC. The van der Waals surface area contributed by atoms with Crippen LogP contribution in [-0.4, -0.2) is 37.0 Å². The van der Waals surface area contributed by atoms with Gasteiger partial charge in [-0.05, 0) is 77.0 Å². The molecular formula is C40H70O4. The predicted molar refractivity (Wildman–Crippen MR) is 191 cm³/mol. The molecule has 0 saturated carbocycles. The summed E-state index contributed by atoms with van der Waals surface area (Å²) in [4.78, 5) is 12.1. The summed E-state index contributed by atoms with van der Waals surface area (Å²) in [7, 11) is 0. The fourth-order valence-corrected chi connectivity index (χ4v) is 4.84. The molecule has 0 aromatic carbocycles. The number of ether oxygens (including phenoxy) is 2. The van der Waals surface area contributed by atoms with Gasteiger partial charge >= 0.3 is 5.97 Å². The normalized spacial score (nSPS) is 13.1. The first-order valence-electron chi connectivity index (χ1n) is 18.4. The molecular weight excluding hydrogens is 544 g/mol. The van der Waals surface area contributed by atoms with Crippen molar-refractivity contribution in [3.05, 3.63) is 60.8 Å². The van der Waals surface area contributed by atoms with E-state index < -0.39 is 6.10 Å². The van der Waals surface area contributed by atoms with Crippen molar-refractivity contribution >= 4 is 5.97 Å². The Morgan fingerprint density at radius 1 is 0.568 bits per heavy atom. The van der Waals surface area contributed by atoms with Crippen molar-refractivity contribution in [2.24, 2.45) is 0 Å².